The molecule has 1 rings (SSSR count). The highest BCUT2D eigenvalue weighted by Crippen LogP contribution is 2.06. The predicted molar refractivity (Wildman–Crippen MR) is 27.7 cm³/mol. The summed E-state index contributed by atoms with van der Waals surface area (Å²) in [5.41, 5.74) is 5.38. The van der Waals surface area contributed by atoms with Crippen molar-refractivity contribution in [3.63, 3.8) is 0 Å². The van der Waals surface area contributed by atoms with Crippen molar-refractivity contribution in [1.82, 2.24) is 0 Å². The van der Waals surface area contributed by atoms with Gasteiger partial charge in [-0.3, -0.25) is 0 Å². The lowest BCUT2D eigenvalue weighted by Gasteiger charge is -1.97. The summed E-state index contributed by atoms with van der Waals surface area (Å²) >= 11 is 0. The van der Waals surface area contributed by atoms with Crippen LogP contribution in [0.1, 0.15) is 6.42 Å². The highest BCUT2D eigenvalue weighted by atomic mass is 16.3. The second-order valence-corrected chi connectivity index (χ2v) is 1.85. The Morgan fingerprint density at radius 3 is 2.43 bits per heavy atom. The van der Waals surface area contributed by atoms with E-state index in [1.54, 1.807) is 6.08 Å². The largest absolute Gasteiger partial charge is 0.389 e. The zero-order chi connectivity index (χ0) is 5.28. The van der Waals surface area contributed by atoms with Crippen molar-refractivity contribution in [3.05, 3.63) is 12.2 Å². The number of nitrogens with two attached hydrogens (primary N) is 1. The molecule has 0 aliphatic heterocycles. The lowest BCUT2D eigenvalue weighted by atomic mass is 10.2. The van der Waals surface area contributed by atoms with Crippen LogP contribution < -0.4 is 5.73 Å². The third kappa shape index (κ3) is 1.01. The third-order valence-electron chi connectivity index (χ3n) is 1.09. The molecule has 2 nitrogen and oxygen atoms in total. The monoisotopic (exact) mass is 99.1 g/mol. The fourth-order valence-corrected chi connectivity index (χ4v) is 0.707. The van der Waals surface area contributed by atoms with Crippen molar-refractivity contribution >= 4 is 0 Å². The van der Waals surface area contributed by atoms with E-state index in [-0.39, 0.29) is 12.1 Å². The molecule has 2 heteroatoms. The van der Waals surface area contributed by atoms with Gasteiger partial charge >= 0.3 is 0 Å². The second kappa shape index (κ2) is 1.64. The van der Waals surface area contributed by atoms with Gasteiger partial charge in [0.2, 0.25) is 0 Å². The molecule has 40 valence electrons. The molecule has 0 spiro atoms. The molecule has 0 bridgehead atoms. The standard InChI is InChI=1S/C5H9NO/c6-4-1-2-5(7)3-4/h1-2,4-5,7H,3,6H2/t4?,5-/m0/s1. The van der Waals surface area contributed by atoms with Crippen LogP contribution >= 0.6 is 0 Å². The summed E-state index contributed by atoms with van der Waals surface area (Å²) < 4.78 is 0. The van der Waals surface area contributed by atoms with Gasteiger partial charge in [0.1, 0.15) is 0 Å². The van der Waals surface area contributed by atoms with Crippen molar-refractivity contribution < 1.29 is 5.11 Å². The fourth-order valence-electron chi connectivity index (χ4n) is 0.707. The predicted octanol–water partition coefficient (Wildman–Crippen LogP) is -0.366. The van der Waals surface area contributed by atoms with Crippen LogP contribution in [0.5, 0.6) is 0 Å². The van der Waals surface area contributed by atoms with Gasteiger partial charge in [-0.2, -0.15) is 0 Å². The molecule has 0 saturated heterocycles. The minimum Gasteiger partial charge on any atom is -0.389 e. The SMILES string of the molecule is NC1C=C[C@H](O)C1. The van der Waals surface area contributed by atoms with E-state index < -0.39 is 0 Å². The Hall–Kier alpha value is -0.340. The molecule has 0 saturated carbocycles. The van der Waals surface area contributed by atoms with E-state index in [1.165, 1.54) is 0 Å². The minimum atomic E-state index is -0.282. The molecule has 1 aliphatic rings. The smallest absolute Gasteiger partial charge is 0.0739 e. The normalized spacial score (nSPS) is 39.7. The quantitative estimate of drug-likeness (QED) is 0.407. The van der Waals surface area contributed by atoms with Crippen LogP contribution in [0.15, 0.2) is 12.2 Å². The van der Waals surface area contributed by atoms with Gasteiger partial charge in [0.15, 0.2) is 0 Å². The van der Waals surface area contributed by atoms with E-state index in [2.05, 4.69) is 0 Å². The van der Waals surface area contributed by atoms with Gasteiger partial charge in [-0.15, -0.1) is 0 Å². The molecular weight excluding hydrogens is 90.1 g/mol. The zero-order valence-corrected chi connectivity index (χ0v) is 4.04. The van der Waals surface area contributed by atoms with Gasteiger partial charge < -0.3 is 10.8 Å². The lowest BCUT2D eigenvalue weighted by Crippen LogP contribution is -2.16. The van der Waals surface area contributed by atoms with Crippen molar-refractivity contribution in [2.24, 2.45) is 5.73 Å². The van der Waals surface area contributed by atoms with Crippen LogP contribution in [0.3, 0.4) is 0 Å². The van der Waals surface area contributed by atoms with Gasteiger partial charge in [-0.05, 0) is 6.42 Å². The number of aliphatic hydroxyl groups is 1. The van der Waals surface area contributed by atoms with E-state index in [0.29, 0.717) is 6.42 Å². The molecule has 2 atom stereocenters. The summed E-state index contributed by atoms with van der Waals surface area (Å²) in [6.45, 7) is 0. The zero-order valence-electron chi connectivity index (χ0n) is 4.04. The molecule has 0 fully saturated rings. The van der Waals surface area contributed by atoms with Crippen LogP contribution in [-0.2, 0) is 0 Å². The Balaban J connectivity index is 2.42. The summed E-state index contributed by atoms with van der Waals surface area (Å²) in [7, 11) is 0. The van der Waals surface area contributed by atoms with Crippen LogP contribution in [0.4, 0.5) is 0 Å². The summed E-state index contributed by atoms with van der Waals surface area (Å²) in [6.07, 6.45) is 3.96. The van der Waals surface area contributed by atoms with E-state index >= 15 is 0 Å². The average Bonchev–Trinajstić information content (AvgIpc) is 1.87. The van der Waals surface area contributed by atoms with Crippen LogP contribution in [0.2, 0.25) is 0 Å². The van der Waals surface area contributed by atoms with Crippen LogP contribution in [0, 0.1) is 0 Å². The first-order valence-electron chi connectivity index (χ1n) is 2.41. The topological polar surface area (TPSA) is 46.2 Å². The first-order valence-corrected chi connectivity index (χ1v) is 2.41. The average molecular weight is 99.1 g/mol. The van der Waals surface area contributed by atoms with Gasteiger partial charge in [0, 0.05) is 6.04 Å². The molecule has 0 heterocycles. The van der Waals surface area contributed by atoms with E-state index in [0.717, 1.165) is 0 Å². The minimum absolute atomic E-state index is 0.0926. The summed E-state index contributed by atoms with van der Waals surface area (Å²) in [5.74, 6) is 0. The van der Waals surface area contributed by atoms with Crippen molar-refractivity contribution in [1.29, 1.82) is 0 Å². The number of hydrogen-bond acceptors (Lipinski definition) is 2. The highest BCUT2D eigenvalue weighted by Gasteiger charge is 2.10. The van der Waals surface area contributed by atoms with Crippen LogP contribution in [0.25, 0.3) is 0 Å². The molecule has 1 aliphatic carbocycles. The maximum atomic E-state index is 8.73. The van der Waals surface area contributed by atoms with Crippen molar-refractivity contribution in [2.45, 2.75) is 18.6 Å². The second-order valence-electron chi connectivity index (χ2n) is 1.85. The van der Waals surface area contributed by atoms with Crippen LogP contribution in [-0.4, -0.2) is 17.3 Å². The van der Waals surface area contributed by atoms with Gasteiger partial charge in [0.25, 0.3) is 0 Å². The molecule has 0 radical (unpaired) electrons. The molecule has 0 aromatic heterocycles. The van der Waals surface area contributed by atoms with Gasteiger partial charge in [-0.1, -0.05) is 12.2 Å². The number of hydrogen-bond donors (Lipinski definition) is 2. The fraction of sp³-hybridized carbons (Fsp3) is 0.600. The summed E-state index contributed by atoms with van der Waals surface area (Å²) in [6, 6.07) is 0.0926. The summed E-state index contributed by atoms with van der Waals surface area (Å²) in [5, 5.41) is 8.73. The number of rotatable bonds is 0. The third-order valence-corrected chi connectivity index (χ3v) is 1.09. The maximum absolute atomic E-state index is 8.73. The maximum Gasteiger partial charge on any atom is 0.0739 e. The van der Waals surface area contributed by atoms with Gasteiger partial charge in [0.05, 0.1) is 6.10 Å². The van der Waals surface area contributed by atoms with E-state index in [1.807, 2.05) is 6.08 Å². The Morgan fingerprint density at radius 1 is 1.57 bits per heavy atom. The van der Waals surface area contributed by atoms with Crippen molar-refractivity contribution in [3.8, 4) is 0 Å². The first-order chi connectivity index (χ1) is 3.29. The molecule has 1 unspecified atom stereocenters. The number of aliphatic hydroxyl groups excluding tert-OH is 1. The molecule has 0 amide bonds. The Kier molecular flexibility index (Phi) is 1.13. The Labute approximate surface area is 42.6 Å². The molecule has 0 aromatic carbocycles. The highest BCUT2D eigenvalue weighted by molar-refractivity contribution is 5.04. The molecule has 3 N–H and O–H groups in total. The van der Waals surface area contributed by atoms with Gasteiger partial charge in [-0.25, -0.2) is 0 Å². The Morgan fingerprint density at radius 2 is 2.29 bits per heavy atom. The van der Waals surface area contributed by atoms with E-state index in [9.17, 15) is 0 Å². The summed E-state index contributed by atoms with van der Waals surface area (Å²) in [4.78, 5) is 0. The molecule has 7 heavy (non-hydrogen) atoms. The van der Waals surface area contributed by atoms with Crippen molar-refractivity contribution in [2.75, 3.05) is 0 Å². The lowest BCUT2D eigenvalue weighted by molar-refractivity contribution is 0.218. The molecular formula is C5H9NO. The Bertz CT molecular complexity index is 80.1. The van der Waals surface area contributed by atoms with E-state index in [4.69, 9.17) is 10.8 Å². The molecule has 0 aromatic rings. The first kappa shape index (κ1) is 4.81.